The number of nitrogens with two attached hydrogens (primary N) is 1. The van der Waals surface area contributed by atoms with E-state index in [0.29, 0.717) is 27.8 Å². The molecule has 0 aliphatic carbocycles. The van der Waals surface area contributed by atoms with Crippen LogP contribution in [0.1, 0.15) is 21.5 Å². The highest BCUT2D eigenvalue weighted by Crippen LogP contribution is 2.40. The molecule has 0 saturated heterocycles. The van der Waals surface area contributed by atoms with Gasteiger partial charge >= 0.3 is 0 Å². The standard InChI is InChI=1S/C16H14ClNO4/c1-9-2-3-11(16(18)19)13(4-9)20-7-10-5-12(17)15-14(6-10)21-8-22-15/h2-6H,7-8H2,1H3,(H2,18,19). The molecule has 6 heteroatoms. The molecule has 0 spiro atoms. The van der Waals surface area contributed by atoms with Gasteiger partial charge in [0.1, 0.15) is 12.4 Å². The van der Waals surface area contributed by atoms with Crippen LogP contribution in [-0.4, -0.2) is 12.7 Å². The Morgan fingerprint density at radius 1 is 1.32 bits per heavy atom. The molecular weight excluding hydrogens is 306 g/mol. The van der Waals surface area contributed by atoms with Gasteiger partial charge in [-0.3, -0.25) is 4.79 Å². The average Bonchev–Trinajstić information content (AvgIpc) is 2.94. The van der Waals surface area contributed by atoms with E-state index >= 15 is 0 Å². The molecule has 3 rings (SSSR count). The van der Waals surface area contributed by atoms with Crippen LogP contribution in [0.25, 0.3) is 0 Å². The summed E-state index contributed by atoms with van der Waals surface area (Å²) in [6.45, 7) is 2.30. The van der Waals surface area contributed by atoms with Gasteiger partial charge in [0.15, 0.2) is 11.5 Å². The number of rotatable bonds is 4. The van der Waals surface area contributed by atoms with Crippen molar-refractivity contribution in [2.45, 2.75) is 13.5 Å². The van der Waals surface area contributed by atoms with E-state index < -0.39 is 5.91 Å². The SMILES string of the molecule is Cc1ccc(C(N)=O)c(OCc2cc(Cl)c3c(c2)OCO3)c1. The topological polar surface area (TPSA) is 70.8 Å². The predicted octanol–water partition coefficient (Wildman–Crippen LogP) is 3.06. The average molecular weight is 320 g/mol. The van der Waals surface area contributed by atoms with Crippen LogP contribution in [0.2, 0.25) is 5.02 Å². The zero-order chi connectivity index (χ0) is 15.7. The Morgan fingerprint density at radius 2 is 2.14 bits per heavy atom. The Labute approximate surface area is 132 Å². The summed E-state index contributed by atoms with van der Waals surface area (Å²) in [5.41, 5.74) is 7.49. The van der Waals surface area contributed by atoms with E-state index in [0.717, 1.165) is 11.1 Å². The van der Waals surface area contributed by atoms with Gasteiger partial charge in [-0.15, -0.1) is 0 Å². The van der Waals surface area contributed by atoms with Crippen molar-refractivity contribution in [1.82, 2.24) is 0 Å². The first-order chi connectivity index (χ1) is 10.5. The summed E-state index contributed by atoms with van der Waals surface area (Å²) >= 11 is 6.13. The highest BCUT2D eigenvalue weighted by molar-refractivity contribution is 6.32. The van der Waals surface area contributed by atoms with Crippen molar-refractivity contribution in [1.29, 1.82) is 0 Å². The summed E-state index contributed by atoms with van der Waals surface area (Å²) in [6, 6.07) is 8.78. The zero-order valence-corrected chi connectivity index (χ0v) is 12.6. The number of hydrogen-bond donors (Lipinski definition) is 1. The molecule has 0 saturated carbocycles. The van der Waals surface area contributed by atoms with E-state index in [1.54, 1.807) is 24.3 Å². The largest absolute Gasteiger partial charge is 0.488 e. The fourth-order valence-electron chi connectivity index (χ4n) is 2.22. The van der Waals surface area contributed by atoms with Crippen molar-refractivity contribution >= 4 is 17.5 Å². The van der Waals surface area contributed by atoms with Crippen LogP contribution < -0.4 is 19.9 Å². The maximum Gasteiger partial charge on any atom is 0.252 e. The van der Waals surface area contributed by atoms with Crippen LogP contribution in [0.15, 0.2) is 30.3 Å². The maximum absolute atomic E-state index is 11.4. The molecule has 1 aliphatic heterocycles. The van der Waals surface area contributed by atoms with Crippen molar-refractivity contribution in [3.8, 4) is 17.2 Å². The minimum absolute atomic E-state index is 0.156. The Balaban J connectivity index is 1.83. The first-order valence-electron chi connectivity index (χ1n) is 6.66. The van der Waals surface area contributed by atoms with E-state index in [-0.39, 0.29) is 13.4 Å². The van der Waals surface area contributed by atoms with Crippen molar-refractivity contribution in [3.05, 3.63) is 52.0 Å². The van der Waals surface area contributed by atoms with Gasteiger partial charge in [-0.2, -0.15) is 0 Å². The second kappa shape index (κ2) is 5.77. The first kappa shape index (κ1) is 14.5. The molecule has 0 fully saturated rings. The molecule has 0 radical (unpaired) electrons. The molecule has 2 aromatic rings. The normalized spacial score (nSPS) is 12.3. The van der Waals surface area contributed by atoms with Gasteiger partial charge < -0.3 is 19.9 Å². The Morgan fingerprint density at radius 3 is 2.91 bits per heavy atom. The van der Waals surface area contributed by atoms with Crippen molar-refractivity contribution in [2.75, 3.05) is 6.79 Å². The lowest BCUT2D eigenvalue weighted by molar-refractivity contribution is 0.0996. The second-order valence-corrected chi connectivity index (χ2v) is 5.37. The van der Waals surface area contributed by atoms with E-state index in [9.17, 15) is 4.79 Å². The fraction of sp³-hybridized carbons (Fsp3) is 0.188. The number of ether oxygens (including phenoxy) is 3. The molecule has 1 aliphatic rings. The quantitative estimate of drug-likeness (QED) is 0.940. The number of aryl methyl sites for hydroxylation is 1. The number of carbonyl (C=O) groups excluding carboxylic acids is 1. The van der Waals surface area contributed by atoms with Gasteiger partial charge in [0.2, 0.25) is 6.79 Å². The molecule has 22 heavy (non-hydrogen) atoms. The molecule has 0 bridgehead atoms. The third kappa shape index (κ3) is 2.80. The van der Waals surface area contributed by atoms with Crippen LogP contribution in [0.3, 0.4) is 0 Å². The van der Waals surface area contributed by atoms with Gasteiger partial charge in [0.05, 0.1) is 10.6 Å². The number of benzene rings is 2. The molecule has 1 amide bonds. The molecular formula is C16H14ClNO4. The number of primary amides is 1. The van der Waals surface area contributed by atoms with E-state index in [4.69, 9.17) is 31.5 Å². The molecule has 114 valence electrons. The minimum Gasteiger partial charge on any atom is -0.488 e. The van der Waals surface area contributed by atoms with Crippen LogP contribution in [0.4, 0.5) is 0 Å². The third-order valence-electron chi connectivity index (χ3n) is 3.28. The number of fused-ring (bicyclic) bond motifs is 1. The highest BCUT2D eigenvalue weighted by atomic mass is 35.5. The zero-order valence-electron chi connectivity index (χ0n) is 11.9. The van der Waals surface area contributed by atoms with Gasteiger partial charge in [0, 0.05) is 0 Å². The summed E-state index contributed by atoms with van der Waals surface area (Å²) in [7, 11) is 0. The molecule has 0 atom stereocenters. The number of carbonyl (C=O) groups is 1. The summed E-state index contributed by atoms with van der Waals surface area (Å²) < 4.78 is 16.3. The lowest BCUT2D eigenvalue weighted by atomic mass is 10.1. The lowest BCUT2D eigenvalue weighted by Gasteiger charge is -2.11. The fourth-order valence-corrected chi connectivity index (χ4v) is 2.51. The van der Waals surface area contributed by atoms with E-state index in [2.05, 4.69) is 0 Å². The molecule has 0 aromatic heterocycles. The number of halogens is 1. The van der Waals surface area contributed by atoms with Crippen LogP contribution >= 0.6 is 11.6 Å². The maximum atomic E-state index is 11.4. The minimum atomic E-state index is -0.529. The summed E-state index contributed by atoms with van der Waals surface area (Å²) in [4.78, 5) is 11.4. The summed E-state index contributed by atoms with van der Waals surface area (Å²) in [5.74, 6) is 1.05. The Hall–Kier alpha value is -2.40. The number of hydrogen-bond acceptors (Lipinski definition) is 4. The molecule has 2 N–H and O–H groups in total. The van der Waals surface area contributed by atoms with E-state index in [1.807, 2.05) is 13.0 Å². The van der Waals surface area contributed by atoms with Crippen molar-refractivity contribution in [3.63, 3.8) is 0 Å². The van der Waals surface area contributed by atoms with Gasteiger partial charge in [0.25, 0.3) is 5.91 Å². The van der Waals surface area contributed by atoms with E-state index in [1.165, 1.54) is 0 Å². The Bertz CT molecular complexity index is 745. The smallest absolute Gasteiger partial charge is 0.252 e. The summed E-state index contributed by atoms with van der Waals surface area (Å²) in [5, 5.41) is 0.466. The molecule has 5 nitrogen and oxygen atoms in total. The highest BCUT2D eigenvalue weighted by Gasteiger charge is 2.18. The summed E-state index contributed by atoms with van der Waals surface area (Å²) in [6.07, 6.45) is 0. The second-order valence-electron chi connectivity index (χ2n) is 4.96. The van der Waals surface area contributed by atoms with Crippen molar-refractivity contribution < 1.29 is 19.0 Å². The van der Waals surface area contributed by atoms with Crippen LogP contribution in [-0.2, 0) is 6.61 Å². The lowest BCUT2D eigenvalue weighted by Crippen LogP contribution is -2.13. The predicted molar refractivity (Wildman–Crippen MR) is 81.6 cm³/mol. The molecule has 0 unspecified atom stereocenters. The van der Waals surface area contributed by atoms with Gasteiger partial charge in [-0.25, -0.2) is 0 Å². The van der Waals surface area contributed by atoms with Crippen LogP contribution in [0.5, 0.6) is 17.2 Å². The van der Waals surface area contributed by atoms with Crippen molar-refractivity contribution in [2.24, 2.45) is 5.73 Å². The molecule has 1 heterocycles. The van der Waals surface area contributed by atoms with Gasteiger partial charge in [-0.1, -0.05) is 17.7 Å². The molecule has 2 aromatic carbocycles. The third-order valence-corrected chi connectivity index (χ3v) is 3.56. The van der Waals surface area contributed by atoms with Crippen LogP contribution in [0, 0.1) is 6.92 Å². The monoisotopic (exact) mass is 319 g/mol. The Kier molecular flexibility index (Phi) is 3.81. The number of amides is 1. The first-order valence-corrected chi connectivity index (χ1v) is 7.03. The van der Waals surface area contributed by atoms with Gasteiger partial charge in [-0.05, 0) is 42.3 Å².